The van der Waals surface area contributed by atoms with E-state index in [1.165, 1.54) is 0 Å². The maximum Gasteiger partial charge on any atom is 0.311 e. The average molecular weight is 225 g/mol. The highest BCUT2D eigenvalue weighted by molar-refractivity contribution is 5.85. The van der Waals surface area contributed by atoms with Crippen LogP contribution < -0.4 is 0 Å². The number of carbonyl (C=O) groups excluding carboxylic acids is 1. The fourth-order valence-electron chi connectivity index (χ4n) is 2.61. The standard InChI is InChI=1S/C12H19NO3/c1-11(4-3-5-11)9(14)13-7-6-12(2,8-13)10(15)16/h3-8H2,1-2H3,(H,15,16). The molecule has 1 amide bonds. The molecular formula is C12H19NO3. The second kappa shape index (κ2) is 3.47. The van der Waals surface area contributed by atoms with Crippen LogP contribution in [0.1, 0.15) is 39.5 Å². The van der Waals surface area contributed by atoms with Gasteiger partial charge in [0.05, 0.1) is 5.41 Å². The molecule has 1 heterocycles. The molecule has 0 aromatic heterocycles. The SMILES string of the molecule is CC1(C(=O)O)CCN(C(=O)C2(C)CCC2)C1. The van der Waals surface area contributed by atoms with E-state index in [-0.39, 0.29) is 11.3 Å². The maximum atomic E-state index is 12.2. The van der Waals surface area contributed by atoms with Crippen LogP contribution in [0.3, 0.4) is 0 Å². The van der Waals surface area contributed by atoms with Gasteiger partial charge < -0.3 is 10.0 Å². The minimum Gasteiger partial charge on any atom is -0.481 e. The quantitative estimate of drug-likeness (QED) is 0.774. The Morgan fingerprint density at radius 2 is 1.75 bits per heavy atom. The normalized spacial score (nSPS) is 32.2. The Morgan fingerprint density at radius 3 is 2.12 bits per heavy atom. The third-order valence-corrected chi connectivity index (χ3v) is 4.25. The monoisotopic (exact) mass is 225 g/mol. The van der Waals surface area contributed by atoms with Crippen molar-refractivity contribution in [2.24, 2.45) is 10.8 Å². The first-order chi connectivity index (χ1) is 7.37. The summed E-state index contributed by atoms with van der Waals surface area (Å²) in [5.41, 5.74) is -0.945. The molecule has 1 N–H and O–H groups in total. The minimum absolute atomic E-state index is 0.156. The van der Waals surface area contributed by atoms with Crippen LogP contribution in [0.15, 0.2) is 0 Å². The molecule has 4 nitrogen and oxygen atoms in total. The van der Waals surface area contributed by atoms with Gasteiger partial charge in [-0.25, -0.2) is 0 Å². The van der Waals surface area contributed by atoms with Crippen LogP contribution in [0.25, 0.3) is 0 Å². The summed E-state index contributed by atoms with van der Waals surface area (Å²) in [6.07, 6.45) is 3.59. The van der Waals surface area contributed by atoms with Crippen molar-refractivity contribution >= 4 is 11.9 Å². The van der Waals surface area contributed by atoms with Crippen molar-refractivity contribution < 1.29 is 14.7 Å². The van der Waals surface area contributed by atoms with Gasteiger partial charge in [0.1, 0.15) is 0 Å². The Balaban J connectivity index is 2.04. The van der Waals surface area contributed by atoms with Gasteiger partial charge in [-0.05, 0) is 26.2 Å². The van der Waals surface area contributed by atoms with E-state index in [1.807, 2.05) is 6.92 Å². The number of carboxylic acid groups (broad SMARTS) is 1. The minimum atomic E-state index is -0.790. The molecular weight excluding hydrogens is 206 g/mol. The third kappa shape index (κ3) is 1.60. The lowest BCUT2D eigenvalue weighted by atomic mass is 9.69. The Hall–Kier alpha value is -1.06. The van der Waals surface area contributed by atoms with Gasteiger partial charge in [0.25, 0.3) is 0 Å². The molecule has 0 spiro atoms. The molecule has 0 aromatic rings. The second-order valence-electron chi connectivity index (χ2n) is 5.76. The average Bonchev–Trinajstić information content (AvgIpc) is 2.57. The van der Waals surface area contributed by atoms with Crippen LogP contribution >= 0.6 is 0 Å². The summed E-state index contributed by atoms with van der Waals surface area (Å²) in [7, 11) is 0. The van der Waals surface area contributed by atoms with Gasteiger partial charge in [-0.15, -0.1) is 0 Å². The van der Waals surface area contributed by atoms with Gasteiger partial charge in [-0.3, -0.25) is 9.59 Å². The molecule has 0 radical (unpaired) electrons. The lowest BCUT2D eigenvalue weighted by Crippen LogP contribution is -2.46. The summed E-state index contributed by atoms with van der Waals surface area (Å²) in [4.78, 5) is 25.0. The van der Waals surface area contributed by atoms with Crippen LogP contribution in [-0.4, -0.2) is 35.0 Å². The van der Waals surface area contributed by atoms with E-state index in [9.17, 15) is 9.59 Å². The summed E-state index contributed by atoms with van der Waals surface area (Å²) < 4.78 is 0. The first kappa shape index (κ1) is 11.4. The van der Waals surface area contributed by atoms with Crippen molar-refractivity contribution in [2.75, 3.05) is 13.1 Å². The molecule has 1 unspecified atom stereocenters. The highest BCUT2D eigenvalue weighted by atomic mass is 16.4. The van der Waals surface area contributed by atoms with Crippen LogP contribution in [0, 0.1) is 10.8 Å². The number of likely N-dealkylation sites (tertiary alicyclic amines) is 1. The number of nitrogens with zero attached hydrogens (tertiary/aromatic N) is 1. The van der Waals surface area contributed by atoms with Crippen LogP contribution in [-0.2, 0) is 9.59 Å². The molecule has 16 heavy (non-hydrogen) atoms. The lowest BCUT2D eigenvalue weighted by molar-refractivity contribution is -0.149. The lowest BCUT2D eigenvalue weighted by Gasteiger charge is -2.39. The van der Waals surface area contributed by atoms with Gasteiger partial charge >= 0.3 is 5.97 Å². The zero-order chi connectivity index (χ0) is 12.0. The van der Waals surface area contributed by atoms with E-state index in [0.717, 1.165) is 19.3 Å². The fraction of sp³-hybridized carbons (Fsp3) is 0.833. The molecule has 1 saturated carbocycles. The highest BCUT2D eigenvalue weighted by Gasteiger charge is 2.48. The number of hydrogen-bond donors (Lipinski definition) is 1. The summed E-state index contributed by atoms with van der Waals surface area (Å²) >= 11 is 0. The summed E-state index contributed by atoms with van der Waals surface area (Å²) in [6, 6.07) is 0. The summed E-state index contributed by atoms with van der Waals surface area (Å²) in [5.74, 6) is -0.634. The molecule has 0 bridgehead atoms. The van der Waals surface area contributed by atoms with Crippen LogP contribution in [0.4, 0.5) is 0 Å². The Morgan fingerprint density at radius 1 is 1.12 bits per heavy atom. The van der Waals surface area contributed by atoms with Crippen molar-refractivity contribution in [3.63, 3.8) is 0 Å². The topological polar surface area (TPSA) is 57.6 Å². The number of aliphatic carboxylic acids is 1. The van der Waals surface area contributed by atoms with E-state index in [0.29, 0.717) is 19.5 Å². The molecule has 1 saturated heterocycles. The maximum absolute atomic E-state index is 12.2. The molecule has 1 aliphatic heterocycles. The summed E-state index contributed by atoms with van der Waals surface area (Å²) in [6.45, 7) is 4.69. The number of carbonyl (C=O) groups is 2. The molecule has 90 valence electrons. The third-order valence-electron chi connectivity index (χ3n) is 4.25. The molecule has 2 aliphatic rings. The predicted octanol–water partition coefficient (Wildman–Crippen LogP) is 1.50. The first-order valence-corrected chi connectivity index (χ1v) is 5.90. The number of hydrogen-bond acceptors (Lipinski definition) is 2. The van der Waals surface area contributed by atoms with Gasteiger partial charge in [0, 0.05) is 18.5 Å². The zero-order valence-electron chi connectivity index (χ0n) is 9.95. The van der Waals surface area contributed by atoms with Crippen molar-refractivity contribution in [1.82, 2.24) is 4.90 Å². The number of carboxylic acids is 1. The van der Waals surface area contributed by atoms with E-state index < -0.39 is 11.4 Å². The van der Waals surface area contributed by atoms with Crippen molar-refractivity contribution in [2.45, 2.75) is 39.5 Å². The van der Waals surface area contributed by atoms with Crippen LogP contribution in [0.2, 0.25) is 0 Å². The highest BCUT2D eigenvalue weighted by Crippen LogP contribution is 2.43. The van der Waals surface area contributed by atoms with Gasteiger partial charge in [-0.2, -0.15) is 0 Å². The molecule has 1 atom stereocenters. The second-order valence-corrected chi connectivity index (χ2v) is 5.76. The van der Waals surface area contributed by atoms with Crippen molar-refractivity contribution in [3.8, 4) is 0 Å². The van der Waals surface area contributed by atoms with Gasteiger partial charge in [-0.1, -0.05) is 13.3 Å². The van der Waals surface area contributed by atoms with Crippen molar-refractivity contribution in [1.29, 1.82) is 0 Å². The van der Waals surface area contributed by atoms with E-state index in [2.05, 4.69) is 0 Å². The van der Waals surface area contributed by atoms with Crippen molar-refractivity contribution in [3.05, 3.63) is 0 Å². The smallest absolute Gasteiger partial charge is 0.311 e. The molecule has 2 rings (SSSR count). The number of amides is 1. The molecule has 1 aliphatic carbocycles. The molecule has 4 heteroatoms. The van der Waals surface area contributed by atoms with E-state index >= 15 is 0 Å². The Labute approximate surface area is 95.6 Å². The molecule has 0 aromatic carbocycles. The first-order valence-electron chi connectivity index (χ1n) is 5.90. The number of rotatable bonds is 2. The van der Waals surface area contributed by atoms with Gasteiger partial charge in [0.2, 0.25) is 5.91 Å². The Kier molecular flexibility index (Phi) is 2.48. The van der Waals surface area contributed by atoms with E-state index in [1.54, 1.807) is 11.8 Å². The summed E-state index contributed by atoms with van der Waals surface area (Å²) in [5, 5.41) is 9.11. The largest absolute Gasteiger partial charge is 0.481 e. The van der Waals surface area contributed by atoms with Crippen LogP contribution in [0.5, 0.6) is 0 Å². The Bertz CT molecular complexity index is 335. The predicted molar refractivity (Wildman–Crippen MR) is 58.9 cm³/mol. The van der Waals surface area contributed by atoms with Gasteiger partial charge in [0.15, 0.2) is 0 Å². The fourth-order valence-corrected chi connectivity index (χ4v) is 2.61. The van der Waals surface area contributed by atoms with E-state index in [4.69, 9.17) is 5.11 Å². The molecule has 2 fully saturated rings. The zero-order valence-corrected chi connectivity index (χ0v) is 9.95.